The molecule has 0 N–H and O–H groups in total. The summed E-state index contributed by atoms with van der Waals surface area (Å²) >= 11 is 0. The first kappa shape index (κ1) is 20.6. The molecule has 1 aromatic carbocycles. The maximum atomic E-state index is 12.8. The van der Waals surface area contributed by atoms with Gasteiger partial charge in [0.05, 0.1) is 18.3 Å². The number of ketones is 1. The number of rotatable bonds is 7. The van der Waals surface area contributed by atoms with Crippen LogP contribution >= 0.6 is 0 Å². The molecule has 1 saturated heterocycles. The SMILES string of the molecule is CCOC(=O)[C@]1(C/C=C/c2ccccc2)CCCN(C(=O)C(=O)c2ccco2)C1. The molecule has 1 fully saturated rings. The fourth-order valence-corrected chi connectivity index (χ4v) is 3.65. The summed E-state index contributed by atoms with van der Waals surface area (Å²) in [5.41, 5.74) is 0.168. The van der Waals surface area contributed by atoms with Crippen LogP contribution in [0.2, 0.25) is 0 Å². The van der Waals surface area contributed by atoms with Crippen molar-refractivity contribution >= 4 is 23.7 Å². The number of carbonyl (C=O) groups is 3. The van der Waals surface area contributed by atoms with Gasteiger partial charge in [-0.3, -0.25) is 14.4 Å². The van der Waals surface area contributed by atoms with E-state index in [9.17, 15) is 14.4 Å². The molecule has 0 radical (unpaired) electrons. The van der Waals surface area contributed by atoms with E-state index in [1.165, 1.54) is 17.2 Å². The molecule has 6 heteroatoms. The number of hydrogen-bond donors (Lipinski definition) is 0. The quantitative estimate of drug-likeness (QED) is 0.405. The monoisotopic (exact) mass is 395 g/mol. The average molecular weight is 395 g/mol. The van der Waals surface area contributed by atoms with Crippen molar-refractivity contribution < 1.29 is 23.5 Å². The molecule has 2 aromatic rings. The van der Waals surface area contributed by atoms with E-state index in [1.807, 2.05) is 42.5 Å². The Bertz CT molecular complexity index is 872. The normalized spacial score (nSPS) is 19.3. The van der Waals surface area contributed by atoms with Gasteiger partial charge in [0, 0.05) is 13.1 Å². The maximum absolute atomic E-state index is 12.8. The van der Waals surface area contributed by atoms with E-state index in [2.05, 4.69) is 0 Å². The molecule has 152 valence electrons. The van der Waals surface area contributed by atoms with Gasteiger partial charge in [0.1, 0.15) is 0 Å². The topological polar surface area (TPSA) is 76.8 Å². The largest absolute Gasteiger partial charge is 0.466 e. The van der Waals surface area contributed by atoms with Crippen molar-refractivity contribution in [3.05, 3.63) is 66.1 Å². The zero-order valence-electron chi connectivity index (χ0n) is 16.5. The van der Waals surface area contributed by atoms with Crippen LogP contribution in [0.3, 0.4) is 0 Å². The van der Waals surface area contributed by atoms with Crippen LogP contribution in [-0.4, -0.2) is 42.3 Å². The highest BCUT2D eigenvalue weighted by atomic mass is 16.5. The van der Waals surface area contributed by atoms with Gasteiger partial charge in [0.15, 0.2) is 5.76 Å². The van der Waals surface area contributed by atoms with Crippen LogP contribution in [0.1, 0.15) is 42.3 Å². The number of likely N-dealkylation sites (tertiary alicyclic amines) is 1. The lowest BCUT2D eigenvalue weighted by Crippen LogP contribution is -2.52. The van der Waals surface area contributed by atoms with E-state index < -0.39 is 17.1 Å². The molecule has 3 rings (SSSR count). The third kappa shape index (κ3) is 4.83. The van der Waals surface area contributed by atoms with Crippen LogP contribution in [0, 0.1) is 5.41 Å². The predicted octanol–water partition coefficient (Wildman–Crippen LogP) is 3.74. The van der Waals surface area contributed by atoms with Gasteiger partial charge in [-0.1, -0.05) is 42.5 Å². The summed E-state index contributed by atoms with van der Waals surface area (Å²) in [7, 11) is 0. The lowest BCUT2D eigenvalue weighted by atomic mass is 9.76. The lowest BCUT2D eigenvalue weighted by Gasteiger charge is -2.40. The number of esters is 1. The molecule has 0 aliphatic carbocycles. The molecule has 6 nitrogen and oxygen atoms in total. The number of benzene rings is 1. The zero-order valence-corrected chi connectivity index (χ0v) is 16.5. The Kier molecular flexibility index (Phi) is 6.65. The molecule has 0 unspecified atom stereocenters. The summed E-state index contributed by atoms with van der Waals surface area (Å²) in [5, 5.41) is 0. The van der Waals surface area contributed by atoms with Gasteiger partial charge in [-0.25, -0.2) is 0 Å². The van der Waals surface area contributed by atoms with E-state index >= 15 is 0 Å². The first-order valence-electron chi connectivity index (χ1n) is 9.82. The Morgan fingerprint density at radius 2 is 1.97 bits per heavy atom. The van der Waals surface area contributed by atoms with Crippen LogP contribution in [0.25, 0.3) is 6.08 Å². The summed E-state index contributed by atoms with van der Waals surface area (Å²) in [6.07, 6.45) is 6.90. The lowest BCUT2D eigenvalue weighted by molar-refractivity contribution is -0.160. The minimum absolute atomic E-state index is 0.00582. The van der Waals surface area contributed by atoms with Crippen LogP contribution in [0.4, 0.5) is 0 Å². The van der Waals surface area contributed by atoms with Crippen LogP contribution in [-0.2, 0) is 14.3 Å². The van der Waals surface area contributed by atoms with Crippen molar-refractivity contribution in [2.24, 2.45) is 5.41 Å². The van der Waals surface area contributed by atoms with Gasteiger partial charge in [-0.15, -0.1) is 0 Å². The fraction of sp³-hybridized carbons (Fsp3) is 0.348. The first-order chi connectivity index (χ1) is 14.1. The Morgan fingerprint density at radius 3 is 2.66 bits per heavy atom. The summed E-state index contributed by atoms with van der Waals surface area (Å²) in [4.78, 5) is 39.4. The molecule has 2 heterocycles. The number of piperidine rings is 1. The van der Waals surface area contributed by atoms with Crippen molar-refractivity contribution in [3.8, 4) is 0 Å². The van der Waals surface area contributed by atoms with E-state index in [4.69, 9.17) is 9.15 Å². The Morgan fingerprint density at radius 1 is 1.17 bits per heavy atom. The number of amides is 1. The number of nitrogens with zero attached hydrogens (tertiary/aromatic N) is 1. The Balaban J connectivity index is 1.78. The van der Waals surface area contributed by atoms with Gasteiger partial charge < -0.3 is 14.1 Å². The molecule has 0 spiro atoms. The molecule has 1 atom stereocenters. The van der Waals surface area contributed by atoms with Gasteiger partial charge in [0.25, 0.3) is 11.7 Å². The zero-order chi connectivity index (χ0) is 20.7. The number of furan rings is 1. The third-order valence-electron chi connectivity index (χ3n) is 5.13. The Hall–Kier alpha value is -3.15. The van der Waals surface area contributed by atoms with Gasteiger partial charge in [0.2, 0.25) is 0 Å². The maximum Gasteiger partial charge on any atom is 0.314 e. The van der Waals surface area contributed by atoms with E-state index in [0.717, 1.165) is 5.56 Å². The highest BCUT2D eigenvalue weighted by molar-refractivity contribution is 6.41. The number of hydrogen-bond acceptors (Lipinski definition) is 5. The van der Waals surface area contributed by atoms with Crippen LogP contribution in [0.5, 0.6) is 0 Å². The van der Waals surface area contributed by atoms with E-state index in [-0.39, 0.29) is 24.9 Å². The molecule has 1 aromatic heterocycles. The second kappa shape index (κ2) is 9.37. The molecule has 1 amide bonds. The molecule has 29 heavy (non-hydrogen) atoms. The van der Waals surface area contributed by atoms with Crippen LogP contribution < -0.4 is 0 Å². The Labute approximate surface area is 170 Å². The second-order valence-electron chi connectivity index (χ2n) is 7.15. The van der Waals surface area contributed by atoms with Gasteiger partial charge in [-0.05, 0) is 43.9 Å². The van der Waals surface area contributed by atoms with E-state index in [0.29, 0.717) is 25.8 Å². The van der Waals surface area contributed by atoms with Crippen molar-refractivity contribution in [2.45, 2.75) is 26.2 Å². The van der Waals surface area contributed by atoms with Gasteiger partial charge in [-0.2, -0.15) is 0 Å². The fourth-order valence-electron chi connectivity index (χ4n) is 3.65. The minimum atomic E-state index is -0.862. The number of ether oxygens (including phenoxy) is 1. The van der Waals surface area contributed by atoms with Crippen LogP contribution in [0.15, 0.2) is 59.2 Å². The number of allylic oxidation sites excluding steroid dienone is 1. The molecule has 1 aliphatic rings. The highest BCUT2D eigenvalue weighted by Gasteiger charge is 2.45. The number of carbonyl (C=O) groups excluding carboxylic acids is 3. The first-order valence-corrected chi connectivity index (χ1v) is 9.82. The summed E-state index contributed by atoms with van der Waals surface area (Å²) in [6.45, 7) is 2.60. The average Bonchev–Trinajstić information content (AvgIpc) is 3.29. The van der Waals surface area contributed by atoms with Crippen molar-refractivity contribution in [3.63, 3.8) is 0 Å². The second-order valence-corrected chi connectivity index (χ2v) is 7.15. The molecular formula is C23H25NO5. The molecular weight excluding hydrogens is 370 g/mol. The standard InChI is InChI=1S/C23H25NO5/c1-2-28-22(27)23(13-6-11-18-9-4-3-5-10-18)14-8-15-24(17-23)21(26)20(25)19-12-7-16-29-19/h3-7,9-12,16H,2,8,13-15,17H2,1H3/b11-6+/t23-/m1/s1. The molecule has 0 bridgehead atoms. The highest BCUT2D eigenvalue weighted by Crippen LogP contribution is 2.36. The van der Waals surface area contributed by atoms with E-state index in [1.54, 1.807) is 13.0 Å². The van der Waals surface area contributed by atoms with Gasteiger partial charge >= 0.3 is 5.97 Å². The predicted molar refractivity (Wildman–Crippen MR) is 108 cm³/mol. The summed E-state index contributed by atoms with van der Waals surface area (Å²) in [6, 6.07) is 12.8. The third-order valence-corrected chi connectivity index (χ3v) is 5.13. The minimum Gasteiger partial charge on any atom is -0.466 e. The molecule has 1 aliphatic heterocycles. The molecule has 0 saturated carbocycles. The smallest absolute Gasteiger partial charge is 0.314 e. The van der Waals surface area contributed by atoms with Crippen molar-refractivity contribution in [1.29, 1.82) is 0 Å². The number of Topliss-reactive ketones (excluding diaryl/α,β-unsaturated/α-hetero) is 1. The van der Waals surface area contributed by atoms with Crippen molar-refractivity contribution in [2.75, 3.05) is 19.7 Å². The summed E-state index contributed by atoms with van der Waals surface area (Å²) in [5.74, 6) is -1.68. The van der Waals surface area contributed by atoms with Crippen molar-refractivity contribution in [1.82, 2.24) is 4.90 Å². The summed E-state index contributed by atoms with van der Waals surface area (Å²) < 4.78 is 10.4.